The molecule has 1 N–H and O–H groups in total. The van der Waals surface area contributed by atoms with Crippen LogP contribution >= 0.6 is 0 Å². The number of rotatable bonds is 3. The molecule has 2 aliphatic rings. The highest BCUT2D eigenvalue weighted by atomic mass is 16.5. The number of fused-ring (bicyclic) bond motifs is 1. The van der Waals surface area contributed by atoms with Gasteiger partial charge >= 0.3 is 0 Å². The van der Waals surface area contributed by atoms with Gasteiger partial charge in [0.15, 0.2) is 0 Å². The summed E-state index contributed by atoms with van der Waals surface area (Å²) in [4.78, 5) is 0. The summed E-state index contributed by atoms with van der Waals surface area (Å²) in [6, 6.07) is 8.92. The van der Waals surface area contributed by atoms with E-state index in [9.17, 15) is 0 Å². The highest BCUT2D eigenvalue weighted by molar-refractivity contribution is 5.37. The Hall–Kier alpha value is -1.02. The lowest BCUT2D eigenvalue weighted by Gasteiger charge is -2.35. The molecular formula is C15H21NO. The zero-order chi connectivity index (χ0) is 11.7. The molecule has 2 atom stereocenters. The first kappa shape index (κ1) is 11.1. The number of hydrogen-bond acceptors (Lipinski definition) is 2. The first-order valence-corrected chi connectivity index (χ1v) is 6.79. The second kappa shape index (κ2) is 4.69. The zero-order valence-electron chi connectivity index (χ0n) is 10.5. The third-order valence-electron chi connectivity index (χ3n) is 4.18. The monoisotopic (exact) mass is 231 g/mol. The van der Waals surface area contributed by atoms with Crippen molar-refractivity contribution in [2.45, 2.75) is 32.2 Å². The summed E-state index contributed by atoms with van der Waals surface area (Å²) in [5.41, 5.74) is 1.34. The van der Waals surface area contributed by atoms with Crippen molar-refractivity contribution in [3.05, 3.63) is 29.8 Å². The minimum Gasteiger partial charge on any atom is -0.493 e. The normalized spacial score (nSPS) is 28.1. The van der Waals surface area contributed by atoms with Gasteiger partial charge in [0.25, 0.3) is 0 Å². The average molecular weight is 231 g/mol. The topological polar surface area (TPSA) is 21.3 Å². The van der Waals surface area contributed by atoms with Crippen LogP contribution < -0.4 is 10.1 Å². The Labute approximate surface area is 103 Å². The molecule has 0 saturated heterocycles. The Balaban J connectivity index is 1.72. The van der Waals surface area contributed by atoms with Gasteiger partial charge in [-0.05, 0) is 31.4 Å². The fourth-order valence-corrected chi connectivity index (χ4v) is 2.79. The van der Waals surface area contributed by atoms with E-state index in [1.807, 2.05) is 0 Å². The molecule has 0 aromatic heterocycles. The molecule has 1 saturated carbocycles. The fraction of sp³-hybridized carbons (Fsp3) is 0.600. The number of nitrogens with one attached hydrogen (secondary N) is 1. The molecule has 2 nitrogen and oxygen atoms in total. The smallest absolute Gasteiger partial charge is 0.124 e. The van der Waals surface area contributed by atoms with E-state index in [2.05, 4.69) is 36.5 Å². The Morgan fingerprint density at radius 1 is 1.29 bits per heavy atom. The number of para-hydroxylation sites is 1. The predicted octanol–water partition coefficient (Wildman–Crippen LogP) is 3.15. The highest BCUT2D eigenvalue weighted by Crippen LogP contribution is 2.35. The van der Waals surface area contributed by atoms with E-state index in [4.69, 9.17) is 4.74 Å². The lowest BCUT2D eigenvalue weighted by Crippen LogP contribution is -2.37. The quantitative estimate of drug-likeness (QED) is 0.863. The van der Waals surface area contributed by atoms with Gasteiger partial charge in [0.05, 0.1) is 6.61 Å². The first-order valence-electron chi connectivity index (χ1n) is 6.79. The molecule has 1 heterocycles. The summed E-state index contributed by atoms with van der Waals surface area (Å²) in [5, 5.41) is 3.75. The van der Waals surface area contributed by atoms with Crippen molar-refractivity contribution in [3.63, 3.8) is 0 Å². The van der Waals surface area contributed by atoms with Crippen molar-refractivity contribution in [1.82, 2.24) is 5.32 Å². The van der Waals surface area contributed by atoms with Crippen LogP contribution in [0.2, 0.25) is 0 Å². The molecule has 0 radical (unpaired) electrons. The van der Waals surface area contributed by atoms with E-state index in [0.717, 1.165) is 18.3 Å². The van der Waals surface area contributed by atoms with Gasteiger partial charge in [-0.15, -0.1) is 0 Å². The molecule has 92 valence electrons. The van der Waals surface area contributed by atoms with Gasteiger partial charge in [-0.2, -0.15) is 0 Å². The lowest BCUT2D eigenvalue weighted by molar-refractivity contribution is 0.177. The molecular weight excluding hydrogens is 210 g/mol. The number of ether oxygens (including phenoxy) is 1. The fourth-order valence-electron chi connectivity index (χ4n) is 2.79. The highest BCUT2D eigenvalue weighted by Gasteiger charge is 2.28. The van der Waals surface area contributed by atoms with Crippen molar-refractivity contribution < 1.29 is 4.74 Å². The number of hydrogen-bond donors (Lipinski definition) is 1. The van der Waals surface area contributed by atoms with Crippen molar-refractivity contribution >= 4 is 0 Å². The standard InChI is InChI=1S/C15H21NO/c1-11-10-17-14-8-3-2-7-13(14)15(11)16-9-12-5-4-6-12/h2-3,7-8,11-12,15-16H,4-6,9-10H2,1H3. The summed E-state index contributed by atoms with van der Waals surface area (Å²) in [6.45, 7) is 4.27. The van der Waals surface area contributed by atoms with Crippen molar-refractivity contribution in [2.75, 3.05) is 13.2 Å². The molecule has 0 bridgehead atoms. The van der Waals surface area contributed by atoms with E-state index in [1.54, 1.807) is 0 Å². The maximum Gasteiger partial charge on any atom is 0.124 e. The summed E-state index contributed by atoms with van der Waals surface area (Å²) in [6.07, 6.45) is 4.24. The summed E-state index contributed by atoms with van der Waals surface area (Å²) < 4.78 is 5.77. The van der Waals surface area contributed by atoms with E-state index < -0.39 is 0 Å². The molecule has 17 heavy (non-hydrogen) atoms. The minimum absolute atomic E-state index is 0.473. The van der Waals surface area contributed by atoms with Crippen molar-refractivity contribution in [3.8, 4) is 5.75 Å². The Kier molecular flexibility index (Phi) is 3.06. The van der Waals surface area contributed by atoms with Gasteiger partial charge in [0.2, 0.25) is 0 Å². The molecule has 1 aliphatic heterocycles. The predicted molar refractivity (Wildman–Crippen MR) is 69.2 cm³/mol. The first-order chi connectivity index (χ1) is 8.34. The van der Waals surface area contributed by atoms with Crippen molar-refractivity contribution in [2.24, 2.45) is 11.8 Å². The van der Waals surface area contributed by atoms with Crippen LogP contribution in [0.5, 0.6) is 5.75 Å². The van der Waals surface area contributed by atoms with Crippen LogP contribution in [0, 0.1) is 11.8 Å². The van der Waals surface area contributed by atoms with Crippen LogP contribution in [0.25, 0.3) is 0 Å². The largest absolute Gasteiger partial charge is 0.493 e. The molecule has 2 heteroatoms. The van der Waals surface area contributed by atoms with Gasteiger partial charge < -0.3 is 10.1 Å². The maximum absolute atomic E-state index is 5.77. The Morgan fingerprint density at radius 2 is 2.12 bits per heavy atom. The molecule has 3 rings (SSSR count). The molecule has 1 fully saturated rings. The second-order valence-corrected chi connectivity index (χ2v) is 5.51. The second-order valence-electron chi connectivity index (χ2n) is 5.51. The summed E-state index contributed by atoms with van der Waals surface area (Å²) in [7, 11) is 0. The van der Waals surface area contributed by atoms with Crippen LogP contribution in [-0.4, -0.2) is 13.2 Å². The average Bonchev–Trinajstić information content (AvgIpc) is 2.30. The molecule has 1 aliphatic carbocycles. The van der Waals surface area contributed by atoms with Crippen LogP contribution in [0.4, 0.5) is 0 Å². The van der Waals surface area contributed by atoms with Crippen molar-refractivity contribution in [1.29, 1.82) is 0 Å². The molecule has 1 aromatic rings. The Morgan fingerprint density at radius 3 is 2.88 bits per heavy atom. The van der Waals surface area contributed by atoms with E-state index in [1.165, 1.54) is 31.4 Å². The van der Waals surface area contributed by atoms with Gasteiger partial charge in [0.1, 0.15) is 5.75 Å². The summed E-state index contributed by atoms with van der Waals surface area (Å²) in [5.74, 6) is 2.54. The molecule has 1 aromatic carbocycles. The van der Waals surface area contributed by atoms with Gasteiger partial charge in [-0.3, -0.25) is 0 Å². The molecule has 0 spiro atoms. The number of benzene rings is 1. The third-order valence-corrected chi connectivity index (χ3v) is 4.18. The van der Waals surface area contributed by atoms with Crippen LogP contribution in [0.1, 0.15) is 37.8 Å². The Bertz CT molecular complexity index is 386. The van der Waals surface area contributed by atoms with Crippen LogP contribution in [-0.2, 0) is 0 Å². The SMILES string of the molecule is CC1COc2ccccc2C1NCC1CCC1. The van der Waals surface area contributed by atoms with Crippen LogP contribution in [0.15, 0.2) is 24.3 Å². The van der Waals surface area contributed by atoms with E-state index in [0.29, 0.717) is 12.0 Å². The van der Waals surface area contributed by atoms with E-state index in [-0.39, 0.29) is 0 Å². The van der Waals surface area contributed by atoms with Crippen LogP contribution in [0.3, 0.4) is 0 Å². The van der Waals surface area contributed by atoms with Gasteiger partial charge in [-0.25, -0.2) is 0 Å². The summed E-state index contributed by atoms with van der Waals surface area (Å²) >= 11 is 0. The minimum atomic E-state index is 0.473. The van der Waals surface area contributed by atoms with E-state index >= 15 is 0 Å². The molecule has 2 unspecified atom stereocenters. The van der Waals surface area contributed by atoms with Gasteiger partial charge in [-0.1, -0.05) is 31.5 Å². The zero-order valence-corrected chi connectivity index (χ0v) is 10.5. The van der Waals surface area contributed by atoms with Gasteiger partial charge in [0, 0.05) is 17.5 Å². The lowest BCUT2D eigenvalue weighted by atomic mass is 9.84. The third kappa shape index (κ3) is 2.19. The molecule has 0 amide bonds. The maximum atomic E-state index is 5.77.